The van der Waals surface area contributed by atoms with Gasteiger partial charge in [0.1, 0.15) is 0 Å². The highest BCUT2D eigenvalue weighted by Crippen LogP contribution is 2.38. The fourth-order valence-electron chi connectivity index (χ4n) is 3.18. The van der Waals surface area contributed by atoms with E-state index in [0.29, 0.717) is 11.9 Å². The highest BCUT2D eigenvalue weighted by Gasteiger charge is 2.31. The van der Waals surface area contributed by atoms with E-state index in [0.717, 1.165) is 12.8 Å². The topological polar surface area (TPSA) is 97.1 Å². The van der Waals surface area contributed by atoms with E-state index < -0.39 is 16.1 Å². The van der Waals surface area contributed by atoms with E-state index in [1.807, 2.05) is 0 Å². The lowest BCUT2D eigenvalue weighted by molar-refractivity contribution is 0.171. The summed E-state index contributed by atoms with van der Waals surface area (Å²) in [5.41, 5.74) is 0.158. The summed E-state index contributed by atoms with van der Waals surface area (Å²) in [7, 11) is -3.31. The van der Waals surface area contributed by atoms with Gasteiger partial charge in [-0.15, -0.1) is 5.10 Å². The minimum Gasteiger partial charge on any atom is -0.406 e. The monoisotopic (exact) mass is 344 g/mol. The van der Waals surface area contributed by atoms with Crippen LogP contribution in [-0.4, -0.2) is 31.4 Å². The molecule has 1 aromatic rings. The minimum absolute atomic E-state index is 0.158. The van der Waals surface area contributed by atoms with Crippen LogP contribution in [0.15, 0.2) is 4.42 Å². The molecule has 1 aliphatic carbocycles. The van der Waals surface area contributed by atoms with Gasteiger partial charge in [0.2, 0.25) is 15.9 Å². The van der Waals surface area contributed by atoms with Gasteiger partial charge in [-0.1, -0.05) is 38.2 Å². The van der Waals surface area contributed by atoms with Gasteiger partial charge in [0, 0.05) is 6.54 Å². The van der Waals surface area contributed by atoms with Crippen LogP contribution in [-0.2, 0) is 10.0 Å². The average molecular weight is 344 g/mol. The van der Waals surface area contributed by atoms with Crippen LogP contribution in [0, 0.1) is 11.3 Å². The zero-order chi connectivity index (χ0) is 17.1. The first-order valence-corrected chi connectivity index (χ1v) is 10.1. The van der Waals surface area contributed by atoms with E-state index in [1.54, 1.807) is 6.92 Å². The molecule has 1 aromatic heterocycles. The van der Waals surface area contributed by atoms with Crippen LogP contribution in [0.1, 0.15) is 64.8 Å². The van der Waals surface area contributed by atoms with Crippen LogP contribution in [0.4, 0.5) is 6.01 Å². The summed E-state index contributed by atoms with van der Waals surface area (Å²) in [6, 6.07) is -0.203. The molecule has 1 saturated carbocycles. The van der Waals surface area contributed by atoms with Gasteiger partial charge < -0.3 is 9.73 Å². The third-order valence-corrected chi connectivity index (χ3v) is 5.39. The Labute approximate surface area is 138 Å². The fraction of sp³-hybridized carbons (Fsp3) is 0.867. The number of nitrogens with one attached hydrogen (secondary N) is 2. The van der Waals surface area contributed by atoms with Gasteiger partial charge in [0.25, 0.3) is 0 Å². The smallest absolute Gasteiger partial charge is 0.315 e. The number of hydrogen-bond donors (Lipinski definition) is 2. The van der Waals surface area contributed by atoms with Crippen molar-refractivity contribution >= 4 is 16.0 Å². The van der Waals surface area contributed by atoms with Crippen molar-refractivity contribution in [2.45, 2.75) is 58.9 Å². The first kappa shape index (κ1) is 18.2. The number of nitrogens with zero attached hydrogens (tertiary/aromatic N) is 2. The number of sulfonamides is 1. The van der Waals surface area contributed by atoms with E-state index in [-0.39, 0.29) is 11.3 Å². The number of rotatable bonds is 7. The number of aromatic nitrogens is 2. The summed E-state index contributed by atoms with van der Waals surface area (Å²) in [5.74, 6) is 0.963. The lowest BCUT2D eigenvalue weighted by Crippen LogP contribution is -2.33. The molecular weight excluding hydrogens is 316 g/mol. The van der Waals surface area contributed by atoms with Crippen molar-refractivity contribution in [1.82, 2.24) is 14.9 Å². The number of hydrogen-bond acceptors (Lipinski definition) is 6. The molecule has 0 radical (unpaired) electrons. The Morgan fingerprint density at radius 3 is 2.52 bits per heavy atom. The Balaban J connectivity index is 1.91. The molecule has 2 N–H and O–H groups in total. The summed E-state index contributed by atoms with van der Waals surface area (Å²) < 4.78 is 30.4. The first-order valence-electron chi connectivity index (χ1n) is 8.22. The fourth-order valence-corrected chi connectivity index (χ4v) is 3.93. The lowest BCUT2D eigenvalue weighted by Gasteiger charge is -2.36. The molecule has 0 aliphatic heterocycles. The molecule has 0 amide bonds. The van der Waals surface area contributed by atoms with Gasteiger partial charge in [-0.2, -0.15) is 0 Å². The lowest BCUT2D eigenvalue weighted by atomic mass is 9.71. The van der Waals surface area contributed by atoms with E-state index >= 15 is 0 Å². The molecule has 132 valence electrons. The highest BCUT2D eigenvalue weighted by molar-refractivity contribution is 7.88. The summed E-state index contributed by atoms with van der Waals surface area (Å²) in [6.07, 6.45) is 7.63. The molecule has 23 heavy (non-hydrogen) atoms. The molecule has 0 bridgehead atoms. The molecule has 0 aromatic carbocycles. The van der Waals surface area contributed by atoms with Crippen LogP contribution >= 0.6 is 0 Å². The minimum atomic E-state index is -3.31. The predicted octanol–water partition coefficient (Wildman–Crippen LogP) is 2.70. The van der Waals surface area contributed by atoms with Crippen molar-refractivity contribution < 1.29 is 12.8 Å². The molecular formula is C15H28N4O3S. The Hall–Kier alpha value is -1.15. The Morgan fingerprint density at radius 1 is 1.26 bits per heavy atom. The third-order valence-electron chi connectivity index (χ3n) is 4.61. The summed E-state index contributed by atoms with van der Waals surface area (Å²) in [5, 5.41) is 11.1. The molecule has 8 heteroatoms. The van der Waals surface area contributed by atoms with Crippen LogP contribution in [0.3, 0.4) is 0 Å². The standard InChI is InChI=1S/C15H28N4O3S/c1-11(19-23(4,20)21)13-17-18-14(22-13)16-10-15(2,3)12-8-6-5-7-9-12/h11-12,19H,5-10H2,1-4H3,(H,16,18). The van der Waals surface area contributed by atoms with Gasteiger partial charge >= 0.3 is 6.01 Å². The molecule has 0 spiro atoms. The van der Waals surface area contributed by atoms with Crippen LogP contribution in [0.25, 0.3) is 0 Å². The molecule has 1 atom stereocenters. The quantitative estimate of drug-likeness (QED) is 0.789. The molecule has 1 fully saturated rings. The van der Waals surface area contributed by atoms with Crippen molar-refractivity contribution in [3.05, 3.63) is 5.89 Å². The molecule has 1 heterocycles. The van der Waals surface area contributed by atoms with Crippen molar-refractivity contribution in [3.8, 4) is 0 Å². The maximum absolute atomic E-state index is 11.2. The van der Waals surface area contributed by atoms with Gasteiger partial charge in [0.05, 0.1) is 12.3 Å². The second-order valence-electron chi connectivity index (χ2n) is 7.23. The molecule has 7 nitrogen and oxygen atoms in total. The molecule has 0 saturated heterocycles. The van der Waals surface area contributed by atoms with Gasteiger partial charge in [-0.25, -0.2) is 13.1 Å². The van der Waals surface area contributed by atoms with E-state index in [2.05, 4.69) is 34.1 Å². The first-order chi connectivity index (χ1) is 10.7. The molecule has 1 aliphatic rings. The zero-order valence-electron chi connectivity index (χ0n) is 14.4. The van der Waals surface area contributed by atoms with E-state index in [9.17, 15) is 8.42 Å². The maximum Gasteiger partial charge on any atom is 0.315 e. The van der Waals surface area contributed by atoms with Gasteiger partial charge in [-0.05, 0) is 31.1 Å². The predicted molar refractivity (Wildman–Crippen MR) is 89.5 cm³/mol. The Bertz CT molecular complexity index is 606. The van der Waals surface area contributed by atoms with Crippen molar-refractivity contribution in [2.75, 3.05) is 18.1 Å². The zero-order valence-corrected chi connectivity index (χ0v) is 15.2. The summed E-state index contributed by atoms with van der Waals surface area (Å²) in [4.78, 5) is 0. The largest absolute Gasteiger partial charge is 0.406 e. The van der Waals surface area contributed by atoms with Crippen LogP contribution in [0.5, 0.6) is 0 Å². The third kappa shape index (κ3) is 5.46. The number of anilines is 1. The van der Waals surface area contributed by atoms with Crippen molar-refractivity contribution in [2.24, 2.45) is 11.3 Å². The summed E-state index contributed by atoms with van der Waals surface area (Å²) >= 11 is 0. The highest BCUT2D eigenvalue weighted by atomic mass is 32.2. The Morgan fingerprint density at radius 2 is 1.91 bits per heavy atom. The Kier molecular flexibility index (Phi) is 5.67. The SMILES string of the molecule is CC(NS(C)(=O)=O)c1nnc(NCC(C)(C)C2CCCCC2)o1. The normalized spacial score (nSPS) is 18.8. The van der Waals surface area contributed by atoms with Gasteiger partial charge in [-0.3, -0.25) is 0 Å². The second kappa shape index (κ2) is 7.17. The van der Waals surface area contributed by atoms with E-state index in [1.165, 1.54) is 32.1 Å². The average Bonchev–Trinajstić information content (AvgIpc) is 2.94. The van der Waals surface area contributed by atoms with Crippen LogP contribution in [0.2, 0.25) is 0 Å². The second-order valence-corrected chi connectivity index (χ2v) is 9.01. The van der Waals surface area contributed by atoms with Gasteiger partial charge in [0.15, 0.2) is 0 Å². The van der Waals surface area contributed by atoms with Crippen LogP contribution < -0.4 is 10.0 Å². The maximum atomic E-state index is 11.2. The summed E-state index contributed by atoms with van der Waals surface area (Å²) in [6.45, 7) is 6.96. The molecule has 2 rings (SSSR count). The van der Waals surface area contributed by atoms with E-state index in [4.69, 9.17) is 4.42 Å². The molecule has 1 unspecified atom stereocenters. The van der Waals surface area contributed by atoms with Crippen molar-refractivity contribution in [1.29, 1.82) is 0 Å². The van der Waals surface area contributed by atoms with Crippen molar-refractivity contribution in [3.63, 3.8) is 0 Å².